The molecule has 1 rings (SSSR count). The molecule has 0 spiro atoms. The molecule has 0 fully saturated rings. The van der Waals surface area contributed by atoms with E-state index in [1.54, 1.807) is 19.1 Å². The van der Waals surface area contributed by atoms with Crippen molar-refractivity contribution in [3.05, 3.63) is 29.6 Å². The van der Waals surface area contributed by atoms with Crippen LogP contribution < -0.4 is 10.5 Å². The molecule has 1 aromatic carbocycles. The zero-order valence-electron chi connectivity index (χ0n) is 11.1. The molecule has 0 radical (unpaired) electrons. The van der Waals surface area contributed by atoms with E-state index in [-0.39, 0.29) is 17.3 Å². The number of ether oxygens (including phenoxy) is 1. The molecule has 96 valence electrons. The lowest BCUT2D eigenvalue weighted by atomic mass is 9.93. The lowest BCUT2D eigenvalue weighted by Crippen LogP contribution is -2.14. The van der Waals surface area contributed by atoms with Crippen molar-refractivity contribution in [2.75, 3.05) is 6.61 Å². The number of hydrogen-bond donors (Lipinski definition) is 1. The van der Waals surface area contributed by atoms with Crippen molar-refractivity contribution in [2.45, 2.75) is 40.2 Å². The summed E-state index contributed by atoms with van der Waals surface area (Å²) in [6.07, 6.45) is 0.919. The first-order valence-electron chi connectivity index (χ1n) is 5.98. The predicted molar refractivity (Wildman–Crippen MR) is 68.6 cm³/mol. The first-order valence-corrected chi connectivity index (χ1v) is 5.98. The van der Waals surface area contributed by atoms with Crippen LogP contribution in [0.25, 0.3) is 0 Å². The van der Waals surface area contributed by atoms with Crippen LogP contribution in [0.2, 0.25) is 0 Å². The highest BCUT2D eigenvalue weighted by Crippen LogP contribution is 2.27. The molecule has 2 N–H and O–H groups in total. The van der Waals surface area contributed by atoms with Gasteiger partial charge in [-0.25, -0.2) is 4.39 Å². The number of rotatable bonds is 4. The van der Waals surface area contributed by atoms with Gasteiger partial charge in [-0.1, -0.05) is 26.8 Å². The zero-order chi connectivity index (χ0) is 13.1. The third kappa shape index (κ3) is 4.35. The van der Waals surface area contributed by atoms with Gasteiger partial charge in [0.15, 0.2) is 0 Å². The van der Waals surface area contributed by atoms with Crippen molar-refractivity contribution in [2.24, 2.45) is 11.1 Å². The molecule has 0 heterocycles. The van der Waals surface area contributed by atoms with Gasteiger partial charge in [-0.2, -0.15) is 0 Å². The highest BCUT2D eigenvalue weighted by Gasteiger charge is 2.15. The summed E-state index contributed by atoms with van der Waals surface area (Å²) in [6.45, 7) is 8.78. The van der Waals surface area contributed by atoms with Crippen molar-refractivity contribution >= 4 is 0 Å². The fourth-order valence-electron chi connectivity index (χ4n) is 1.55. The average molecular weight is 239 g/mol. The van der Waals surface area contributed by atoms with Gasteiger partial charge in [-0.05, 0) is 30.9 Å². The van der Waals surface area contributed by atoms with Crippen LogP contribution in [-0.4, -0.2) is 6.61 Å². The minimum absolute atomic E-state index is 0.210. The smallest absolute Gasteiger partial charge is 0.131 e. The minimum atomic E-state index is -0.360. The second-order valence-electron chi connectivity index (χ2n) is 5.60. The van der Waals surface area contributed by atoms with Gasteiger partial charge < -0.3 is 10.5 Å². The van der Waals surface area contributed by atoms with Gasteiger partial charge >= 0.3 is 0 Å². The van der Waals surface area contributed by atoms with Crippen LogP contribution in [-0.2, 0) is 0 Å². The molecule has 2 nitrogen and oxygen atoms in total. The molecule has 0 aromatic heterocycles. The van der Waals surface area contributed by atoms with Gasteiger partial charge in [-0.15, -0.1) is 0 Å². The second-order valence-corrected chi connectivity index (χ2v) is 5.60. The fourth-order valence-corrected chi connectivity index (χ4v) is 1.55. The van der Waals surface area contributed by atoms with Crippen molar-refractivity contribution in [3.63, 3.8) is 0 Å². The summed E-state index contributed by atoms with van der Waals surface area (Å²) in [6, 6.07) is 4.47. The van der Waals surface area contributed by atoms with Gasteiger partial charge in [0.05, 0.1) is 6.61 Å². The maximum absolute atomic E-state index is 13.6. The van der Waals surface area contributed by atoms with Crippen LogP contribution in [0.1, 0.15) is 45.7 Å². The van der Waals surface area contributed by atoms with Gasteiger partial charge in [0.25, 0.3) is 0 Å². The molecule has 0 bridgehead atoms. The van der Waals surface area contributed by atoms with Gasteiger partial charge in [0.1, 0.15) is 11.6 Å². The summed E-state index contributed by atoms with van der Waals surface area (Å²) in [4.78, 5) is 0. The summed E-state index contributed by atoms with van der Waals surface area (Å²) >= 11 is 0. The monoisotopic (exact) mass is 239 g/mol. The lowest BCUT2D eigenvalue weighted by Gasteiger charge is -2.20. The van der Waals surface area contributed by atoms with Crippen molar-refractivity contribution < 1.29 is 9.13 Å². The van der Waals surface area contributed by atoms with Crippen LogP contribution in [0.3, 0.4) is 0 Å². The first kappa shape index (κ1) is 14.0. The SMILES string of the molecule is CC(N)c1c(F)cccc1OCCC(C)(C)C. The van der Waals surface area contributed by atoms with E-state index in [1.807, 2.05) is 0 Å². The van der Waals surface area contributed by atoms with Crippen molar-refractivity contribution in [1.29, 1.82) is 0 Å². The van der Waals surface area contributed by atoms with Gasteiger partial charge in [-0.3, -0.25) is 0 Å². The van der Waals surface area contributed by atoms with E-state index in [1.165, 1.54) is 6.07 Å². The van der Waals surface area contributed by atoms with Gasteiger partial charge in [0.2, 0.25) is 0 Å². The first-order chi connectivity index (χ1) is 7.81. The molecular formula is C14H22FNO. The largest absolute Gasteiger partial charge is 0.493 e. The molecule has 0 saturated carbocycles. The molecule has 1 aromatic rings. The Morgan fingerprint density at radius 2 is 2.00 bits per heavy atom. The quantitative estimate of drug-likeness (QED) is 0.870. The second kappa shape index (κ2) is 5.50. The summed E-state index contributed by atoms with van der Waals surface area (Å²) in [5, 5.41) is 0. The number of benzene rings is 1. The van der Waals surface area contributed by atoms with Crippen LogP contribution >= 0.6 is 0 Å². The number of hydrogen-bond acceptors (Lipinski definition) is 2. The van der Waals surface area contributed by atoms with E-state index in [9.17, 15) is 4.39 Å². The Balaban J connectivity index is 2.74. The highest BCUT2D eigenvalue weighted by molar-refractivity contribution is 5.36. The fraction of sp³-hybridized carbons (Fsp3) is 0.571. The Kier molecular flexibility index (Phi) is 4.52. The third-order valence-electron chi connectivity index (χ3n) is 2.58. The van der Waals surface area contributed by atoms with E-state index in [0.29, 0.717) is 17.9 Å². The number of halogens is 1. The van der Waals surface area contributed by atoms with Crippen LogP contribution in [0.5, 0.6) is 5.75 Å². The zero-order valence-corrected chi connectivity index (χ0v) is 11.1. The van der Waals surface area contributed by atoms with Crippen LogP contribution in [0.4, 0.5) is 4.39 Å². The minimum Gasteiger partial charge on any atom is -0.493 e. The Morgan fingerprint density at radius 3 is 2.53 bits per heavy atom. The van der Waals surface area contributed by atoms with E-state index < -0.39 is 0 Å². The van der Waals surface area contributed by atoms with Crippen LogP contribution in [0, 0.1) is 11.2 Å². The molecule has 0 saturated heterocycles. The van der Waals surface area contributed by atoms with Crippen molar-refractivity contribution in [3.8, 4) is 5.75 Å². The molecule has 0 aliphatic carbocycles. The maximum Gasteiger partial charge on any atom is 0.131 e. The Labute approximate surface area is 103 Å². The van der Waals surface area contributed by atoms with Crippen molar-refractivity contribution in [1.82, 2.24) is 0 Å². The Hall–Kier alpha value is -1.09. The number of nitrogens with two attached hydrogens (primary N) is 1. The van der Waals surface area contributed by atoms with E-state index in [2.05, 4.69) is 20.8 Å². The standard InChI is InChI=1S/C14H22FNO/c1-10(16)13-11(15)6-5-7-12(13)17-9-8-14(2,3)4/h5-7,10H,8-9,16H2,1-4H3. The normalized spacial score (nSPS) is 13.5. The molecular weight excluding hydrogens is 217 g/mol. The Morgan fingerprint density at radius 1 is 1.35 bits per heavy atom. The predicted octanol–water partition coefficient (Wildman–Crippen LogP) is 3.66. The van der Waals surface area contributed by atoms with E-state index >= 15 is 0 Å². The molecule has 0 amide bonds. The molecule has 3 heteroatoms. The molecule has 0 aliphatic rings. The van der Waals surface area contributed by atoms with E-state index in [4.69, 9.17) is 10.5 Å². The average Bonchev–Trinajstić information content (AvgIpc) is 2.14. The molecule has 1 unspecified atom stereocenters. The Bertz CT molecular complexity index is 369. The molecule has 0 aliphatic heterocycles. The molecule has 17 heavy (non-hydrogen) atoms. The summed E-state index contributed by atoms with van der Waals surface area (Å²) in [7, 11) is 0. The third-order valence-corrected chi connectivity index (χ3v) is 2.58. The summed E-state index contributed by atoms with van der Waals surface area (Å²) in [5.41, 5.74) is 6.42. The molecule has 1 atom stereocenters. The highest BCUT2D eigenvalue weighted by atomic mass is 19.1. The van der Waals surface area contributed by atoms with Gasteiger partial charge in [0, 0.05) is 11.6 Å². The van der Waals surface area contributed by atoms with E-state index in [0.717, 1.165) is 6.42 Å². The maximum atomic E-state index is 13.6. The lowest BCUT2D eigenvalue weighted by molar-refractivity contribution is 0.239. The summed E-state index contributed by atoms with van der Waals surface area (Å²) < 4.78 is 19.2. The van der Waals surface area contributed by atoms with Crippen LogP contribution in [0.15, 0.2) is 18.2 Å². The summed E-state index contributed by atoms with van der Waals surface area (Å²) in [5.74, 6) is 0.262. The topological polar surface area (TPSA) is 35.2 Å².